The number of alkyl halides is 3. The fourth-order valence-electron chi connectivity index (χ4n) is 2.88. The van der Waals surface area contributed by atoms with Gasteiger partial charge in [-0.3, -0.25) is 4.79 Å². The number of carbonyl (C=O) groups excluding carboxylic acids is 1. The number of hydrogen-bond donors (Lipinski definition) is 0. The second-order valence-corrected chi connectivity index (χ2v) is 4.86. The molecule has 0 fully saturated rings. The smallest absolute Gasteiger partial charge is 0.437 e. The molecule has 0 atom stereocenters. The van der Waals surface area contributed by atoms with E-state index in [1.165, 1.54) is 24.3 Å². The number of carbonyl (C=O) groups is 1. The summed E-state index contributed by atoms with van der Waals surface area (Å²) in [6, 6.07) is 12.3. The molecule has 108 valence electrons. The molecule has 0 unspecified atom stereocenters. The van der Waals surface area contributed by atoms with E-state index in [0.717, 1.165) is 6.92 Å². The maximum absolute atomic E-state index is 13.9. The molecule has 0 aliphatic heterocycles. The number of hydrogen-bond acceptors (Lipinski definition) is 2. The Morgan fingerprint density at radius 2 is 1.38 bits per heavy atom. The van der Waals surface area contributed by atoms with Crippen LogP contribution in [0.4, 0.5) is 13.2 Å². The molecule has 1 aliphatic carbocycles. The van der Waals surface area contributed by atoms with Gasteiger partial charge in [0.2, 0.25) is 0 Å². The highest BCUT2D eigenvalue weighted by Gasteiger charge is 2.64. The van der Waals surface area contributed by atoms with Crippen molar-refractivity contribution < 1.29 is 22.7 Å². The van der Waals surface area contributed by atoms with Crippen molar-refractivity contribution in [2.24, 2.45) is 0 Å². The van der Waals surface area contributed by atoms with Crippen molar-refractivity contribution in [3.63, 3.8) is 0 Å². The van der Waals surface area contributed by atoms with Crippen LogP contribution in [-0.4, -0.2) is 12.1 Å². The quantitative estimate of drug-likeness (QED) is 0.742. The van der Waals surface area contributed by atoms with E-state index in [9.17, 15) is 18.0 Å². The molecule has 2 nitrogen and oxygen atoms in total. The van der Waals surface area contributed by atoms with E-state index >= 15 is 0 Å². The largest absolute Gasteiger partial charge is 0.439 e. The van der Waals surface area contributed by atoms with Crippen LogP contribution in [0.3, 0.4) is 0 Å². The van der Waals surface area contributed by atoms with Gasteiger partial charge in [-0.15, -0.1) is 0 Å². The average Bonchev–Trinajstić information content (AvgIpc) is 2.71. The molecule has 0 saturated carbocycles. The van der Waals surface area contributed by atoms with Crippen LogP contribution < -0.4 is 0 Å². The summed E-state index contributed by atoms with van der Waals surface area (Å²) >= 11 is 0. The summed E-state index contributed by atoms with van der Waals surface area (Å²) in [5.74, 6) is -0.973. The van der Waals surface area contributed by atoms with E-state index < -0.39 is 17.7 Å². The first-order chi connectivity index (χ1) is 9.88. The van der Waals surface area contributed by atoms with Gasteiger partial charge in [0.05, 0.1) is 0 Å². The van der Waals surface area contributed by atoms with Crippen molar-refractivity contribution in [2.45, 2.75) is 18.7 Å². The molecular formula is C16H11F3O2. The molecule has 0 spiro atoms. The Bertz CT molecular complexity index is 674. The highest BCUT2D eigenvalue weighted by atomic mass is 19.4. The first-order valence-electron chi connectivity index (χ1n) is 6.33. The molecule has 0 bridgehead atoms. The summed E-state index contributed by atoms with van der Waals surface area (Å²) in [5, 5.41) is 0. The SMILES string of the molecule is CC(=O)OC1(C(F)(F)F)c2ccccc2-c2ccccc21. The Kier molecular flexibility index (Phi) is 2.83. The van der Waals surface area contributed by atoms with Gasteiger partial charge in [0, 0.05) is 18.1 Å². The Morgan fingerprint density at radius 1 is 0.952 bits per heavy atom. The highest BCUT2D eigenvalue weighted by molar-refractivity contribution is 5.82. The van der Waals surface area contributed by atoms with Crippen LogP contribution in [0, 0.1) is 0 Å². The van der Waals surface area contributed by atoms with Crippen LogP contribution in [0.5, 0.6) is 0 Å². The number of benzene rings is 2. The Labute approximate surface area is 119 Å². The van der Waals surface area contributed by atoms with Gasteiger partial charge in [-0.1, -0.05) is 48.5 Å². The van der Waals surface area contributed by atoms with Crippen LogP contribution >= 0.6 is 0 Å². The van der Waals surface area contributed by atoms with Crippen molar-refractivity contribution in [1.29, 1.82) is 0 Å². The maximum atomic E-state index is 13.9. The van der Waals surface area contributed by atoms with Gasteiger partial charge in [0.25, 0.3) is 5.60 Å². The van der Waals surface area contributed by atoms with Crippen LogP contribution in [0.15, 0.2) is 48.5 Å². The van der Waals surface area contributed by atoms with Crippen molar-refractivity contribution >= 4 is 5.97 Å². The topological polar surface area (TPSA) is 26.3 Å². The lowest BCUT2D eigenvalue weighted by Crippen LogP contribution is -2.45. The first kappa shape index (κ1) is 13.7. The Balaban J connectivity index is 2.41. The van der Waals surface area contributed by atoms with E-state index in [0.29, 0.717) is 11.1 Å². The third-order valence-corrected chi connectivity index (χ3v) is 3.60. The minimum atomic E-state index is -4.75. The molecule has 0 radical (unpaired) electrons. The first-order valence-corrected chi connectivity index (χ1v) is 6.33. The molecular weight excluding hydrogens is 281 g/mol. The van der Waals surface area contributed by atoms with E-state index in [2.05, 4.69) is 0 Å². The predicted octanol–water partition coefficient (Wildman–Crippen LogP) is 4.04. The summed E-state index contributed by atoms with van der Waals surface area (Å²) in [5.41, 5.74) is -1.95. The summed E-state index contributed by atoms with van der Waals surface area (Å²) in [7, 11) is 0. The standard InChI is InChI=1S/C16H11F3O2/c1-10(20)21-15(16(17,18)19)13-8-4-2-6-11(13)12-7-3-5-9-14(12)15/h2-9H,1H3. The highest BCUT2D eigenvalue weighted by Crippen LogP contribution is 2.57. The minimum Gasteiger partial charge on any atom is -0.439 e. The monoisotopic (exact) mass is 292 g/mol. The fourth-order valence-corrected chi connectivity index (χ4v) is 2.88. The summed E-state index contributed by atoms with van der Waals surface area (Å²) in [6.45, 7) is 0.983. The summed E-state index contributed by atoms with van der Waals surface area (Å²) < 4.78 is 46.4. The summed E-state index contributed by atoms with van der Waals surface area (Å²) in [4.78, 5) is 11.3. The lowest BCUT2D eigenvalue weighted by atomic mass is 9.90. The molecule has 0 N–H and O–H groups in total. The molecule has 1 aliphatic rings. The Morgan fingerprint density at radius 3 is 1.76 bits per heavy atom. The molecule has 0 amide bonds. The molecule has 3 rings (SSSR count). The van der Waals surface area contributed by atoms with Crippen LogP contribution in [0.1, 0.15) is 18.1 Å². The zero-order valence-corrected chi connectivity index (χ0v) is 11.1. The van der Waals surface area contributed by atoms with Gasteiger partial charge in [0.1, 0.15) is 0 Å². The van der Waals surface area contributed by atoms with Crippen LogP contribution in [0.25, 0.3) is 11.1 Å². The summed E-state index contributed by atoms with van der Waals surface area (Å²) in [6.07, 6.45) is -4.75. The zero-order valence-electron chi connectivity index (χ0n) is 11.1. The van der Waals surface area contributed by atoms with Crippen molar-refractivity contribution in [3.05, 3.63) is 59.7 Å². The van der Waals surface area contributed by atoms with E-state index in [4.69, 9.17) is 4.74 Å². The second-order valence-electron chi connectivity index (χ2n) is 4.86. The fraction of sp³-hybridized carbons (Fsp3) is 0.188. The molecule has 2 aromatic carbocycles. The second kappa shape index (κ2) is 4.35. The van der Waals surface area contributed by atoms with Crippen LogP contribution in [0.2, 0.25) is 0 Å². The van der Waals surface area contributed by atoms with E-state index in [1.54, 1.807) is 24.3 Å². The molecule has 0 heterocycles. The van der Waals surface area contributed by atoms with Gasteiger partial charge >= 0.3 is 12.1 Å². The molecule has 2 aromatic rings. The minimum absolute atomic E-state index is 0.0473. The Hall–Kier alpha value is -2.30. The molecule has 0 aromatic heterocycles. The van der Waals surface area contributed by atoms with Crippen molar-refractivity contribution in [2.75, 3.05) is 0 Å². The van der Waals surface area contributed by atoms with E-state index in [1.807, 2.05) is 0 Å². The van der Waals surface area contributed by atoms with E-state index in [-0.39, 0.29) is 11.1 Å². The third-order valence-electron chi connectivity index (χ3n) is 3.60. The van der Waals surface area contributed by atoms with Gasteiger partial charge in [0.15, 0.2) is 0 Å². The predicted molar refractivity (Wildman–Crippen MR) is 70.5 cm³/mol. The molecule has 21 heavy (non-hydrogen) atoms. The van der Waals surface area contributed by atoms with Gasteiger partial charge in [-0.05, 0) is 11.1 Å². The number of halogens is 3. The van der Waals surface area contributed by atoms with Crippen LogP contribution in [-0.2, 0) is 15.1 Å². The number of rotatable bonds is 1. The lowest BCUT2D eigenvalue weighted by Gasteiger charge is -2.33. The maximum Gasteiger partial charge on any atom is 0.437 e. The molecule has 0 saturated heterocycles. The third kappa shape index (κ3) is 1.77. The number of fused-ring (bicyclic) bond motifs is 3. The van der Waals surface area contributed by atoms with Crippen molar-refractivity contribution in [3.8, 4) is 11.1 Å². The van der Waals surface area contributed by atoms with Gasteiger partial charge in [-0.2, -0.15) is 13.2 Å². The number of ether oxygens (including phenoxy) is 1. The lowest BCUT2D eigenvalue weighted by molar-refractivity contribution is -0.258. The number of esters is 1. The zero-order chi connectivity index (χ0) is 15.3. The van der Waals surface area contributed by atoms with Gasteiger partial charge in [-0.25, -0.2) is 0 Å². The van der Waals surface area contributed by atoms with Gasteiger partial charge < -0.3 is 4.74 Å². The van der Waals surface area contributed by atoms with Crippen molar-refractivity contribution in [1.82, 2.24) is 0 Å². The molecule has 5 heteroatoms. The average molecular weight is 292 g/mol. The normalized spacial score (nSPS) is 15.2.